The van der Waals surface area contributed by atoms with Crippen LogP contribution in [0, 0.1) is 6.92 Å². The van der Waals surface area contributed by atoms with E-state index in [4.69, 9.17) is 19.2 Å². The van der Waals surface area contributed by atoms with E-state index in [9.17, 15) is 0 Å². The average Bonchev–Trinajstić information content (AvgIpc) is 3.67. The Labute approximate surface area is 262 Å². The maximum absolute atomic E-state index is 6.46. The Morgan fingerprint density at radius 3 is 2.27 bits per heavy atom. The number of para-hydroxylation sites is 1. The van der Waals surface area contributed by atoms with E-state index in [2.05, 4.69) is 72.0 Å². The van der Waals surface area contributed by atoms with Crippen molar-refractivity contribution >= 4 is 21.8 Å². The van der Waals surface area contributed by atoms with Gasteiger partial charge in [0.15, 0.2) is 0 Å². The van der Waals surface area contributed by atoms with Crippen molar-refractivity contribution < 1.29 is 14.2 Å². The van der Waals surface area contributed by atoms with Crippen LogP contribution in [0.2, 0.25) is 0 Å². The molecular weight excluding hydrogens is 560 g/mol. The quantitative estimate of drug-likeness (QED) is 0.175. The molecule has 0 unspecified atom stereocenters. The van der Waals surface area contributed by atoms with Crippen LogP contribution in [0.1, 0.15) is 30.9 Å². The number of methoxy groups -OCH3 is 2. The van der Waals surface area contributed by atoms with Crippen LogP contribution in [0.3, 0.4) is 0 Å². The molecule has 0 radical (unpaired) electrons. The van der Waals surface area contributed by atoms with Crippen LogP contribution in [-0.4, -0.2) is 33.6 Å². The first-order chi connectivity index (χ1) is 21.9. The van der Waals surface area contributed by atoms with Crippen molar-refractivity contribution in [3.8, 4) is 45.6 Å². The Morgan fingerprint density at radius 2 is 1.49 bits per heavy atom. The van der Waals surface area contributed by atoms with Gasteiger partial charge in [-0.1, -0.05) is 38.1 Å². The second-order valence-corrected chi connectivity index (χ2v) is 11.5. The monoisotopic (exact) mass is 594 g/mol. The third-order valence-corrected chi connectivity index (χ3v) is 8.15. The Morgan fingerprint density at radius 1 is 0.733 bits per heavy atom. The smallest absolute Gasteiger partial charge is 0.137 e. The van der Waals surface area contributed by atoms with Gasteiger partial charge in [-0.2, -0.15) is 5.10 Å². The zero-order chi connectivity index (χ0) is 31.1. The van der Waals surface area contributed by atoms with E-state index in [1.165, 1.54) is 10.9 Å². The molecule has 0 N–H and O–H groups in total. The highest BCUT2D eigenvalue weighted by Crippen LogP contribution is 2.40. The summed E-state index contributed by atoms with van der Waals surface area (Å²) in [6, 6.07) is 30.8. The predicted molar refractivity (Wildman–Crippen MR) is 180 cm³/mol. The SMILES string of the molecule is COc1cc(C)cc(OC)c1-c1cnn(-c2cccc(Oc3ccc4c5ccccc5n(-c5cc(C(C)C)ccn5)c4c3)c2)c1. The third-order valence-electron chi connectivity index (χ3n) is 8.15. The highest BCUT2D eigenvalue weighted by molar-refractivity contribution is 6.09. The normalized spacial score (nSPS) is 11.4. The van der Waals surface area contributed by atoms with E-state index in [1.807, 2.05) is 72.7 Å². The van der Waals surface area contributed by atoms with Crippen molar-refractivity contribution in [2.45, 2.75) is 26.7 Å². The molecule has 0 saturated heterocycles. The van der Waals surface area contributed by atoms with E-state index in [1.54, 1.807) is 14.2 Å². The number of hydrogen-bond acceptors (Lipinski definition) is 5. The molecule has 7 aromatic rings. The van der Waals surface area contributed by atoms with Gasteiger partial charge in [0.25, 0.3) is 0 Å². The van der Waals surface area contributed by atoms with Gasteiger partial charge >= 0.3 is 0 Å². The Bertz CT molecular complexity index is 2150. The van der Waals surface area contributed by atoms with E-state index in [0.717, 1.165) is 61.9 Å². The molecule has 0 fully saturated rings. The summed E-state index contributed by atoms with van der Waals surface area (Å²) in [4.78, 5) is 4.77. The van der Waals surface area contributed by atoms with Gasteiger partial charge in [-0.15, -0.1) is 0 Å². The van der Waals surface area contributed by atoms with E-state index >= 15 is 0 Å². The lowest BCUT2D eigenvalue weighted by molar-refractivity contribution is 0.397. The van der Waals surface area contributed by atoms with Gasteiger partial charge in [0.1, 0.15) is 28.8 Å². The molecule has 0 saturated carbocycles. The molecule has 4 aromatic carbocycles. The van der Waals surface area contributed by atoms with Gasteiger partial charge in [-0.3, -0.25) is 4.57 Å². The maximum Gasteiger partial charge on any atom is 0.137 e. The Balaban J connectivity index is 1.25. The fourth-order valence-electron chi connectivity index (χ4n) is 5.92. The van der Waals surface area contributed by atoms with E-state index in [0.29, 0.717) is 11.7 Å². The van der Waals surface area contributed by atoms with Crippen molar-refractivity contribution in [2.24, 2.45) is 0 Å². The Kier molecular flexibility index (Phi) is 7.22. The van der Waals surface area contributed by atoms with Crippen molar-refractivity contribution in [3.63, 3.8) is 0 Å². The largest absolute Gasteiger partial charge is 0.496 e. The summed E-state index contributed by atoms with van der Waals surface area (Å²) < 4.78 is 21.9. The van der Waals surface area contributed by atoms with Crippen LogP contribution < -0.4 is 14.2 Å². The van der Waals surface area contributed by atoms with Gasteiger partial charge in [-0.05, 0) is 78.6 Å². The lowest BCUT2D eigenvalue weighted by Crippen LogP contribution is -1.99. The number of fused-ring (bicyclic) bond motifs is 3. The predicted octanol–water partition coefficient (Wildman–Crippen LogP) is 9.27. The molecule has 7 nitrogen and oxygen atoms in total. The summed E-state index contributed by atoms with van der Waals surface area (Å²) in [7, 11) is 3.33. The summed E-state index contributed by atoms with van der Waals surface area (Å²) in [5.41, 5.74) is 7.07. The number of hydrogen-bond donors (Lipinski definition) is 0. The van der Waals surface area contributed by atoms with Crippen LogP contribution >= 0.6 is 0 Å². The molecule has 0 bridgehead atoms. The van der Waals surface area contributed by atoms with Crippen LogP contribution in [0.4, 0.5) is 0 Å². The van der Waals surface area contributed by atoms with Crippen molar-refractivity contribution in [2.75, 3.05) is 14.2 Å². The summed E-state index contributed by atoms with van der Waals surface area (Å²) >= 11 is 0. The number of benzene rings is 4. The first-order valence-electron chi connectivity index (χ1n) is 15.0. The number of aromatic nitrogens is 4. The molecule has 7 rings (SSSR count). The third kappa shape index (κ3) is 5.16. The van der Waals surface area contributed by atoms with Crippen LogP contribution in [0.5, 0.6) is 23.0 Å². The van der Waals surface area contributed by atoms with Gasteiger partial charge in [0, 0.05) is 40.9 Å². The highest BCUT2D eigenvalue weighted by Gasteiger charge is 2.17. The van der Waals surface area contributed by atoms with E-state index in [-0.39, 0.29) is 0 Å². The summed E-state index contributed by atoms with van der Waals surface area (Å²) in [6.07, 6.45) is 5.68. The fourth-order valence-corrected chi connectivity index (χ4v) is 5.92. The van der Waals surface area contributed by atoms with Crippen molar-refractivity contribution in [1.29, 1.82) is 0 Å². The van der Waals surface area contributed by atoms with Gasteiger partial charge in [0.05, 0.1) is 42.7 Å². The standard InChI is InChI=1S/C38H34N4O3/c1-24(2)26-15-16-39-37(19-26)42-33-12-7-6-11-31(33)32-14-13-30(21-34(32)42)45-29-10-8-9-28(20-29)41-23-27(22-40-41)38-35(43-4)17-25(3)18-36(38)44-5/h6-24H,1-5H3. The molecule has 0 amide bonds. The maximum atomic E-state index is 6.46. The molecule has 45 heavy (non-hydrogen) atoms. The number of pyridine rings is 1. The molecular formula is C38H34N4O3. The van der Waals surface area contributed by atoms with Gasteiger partial charge < -0.3 is 14.2 Å². The lowest BCUT2D eigenvalue weighted by atomic mass is 10.0. The van der Waals surface area contributed by atoms with Crippen LogP contribution in [0.25, 0.3) is 44.4 Å². The highest BCUT2D eigenvalue weighted by atomic mass is 16.5. The molecule has 0 atom stereocenters. The van der Waals surface area contributed by atoms with Crippen LogP contribution in [0.15, 0.2) is 110 Å². The molecule has 0 aliphatic rings. The molecule has 0 spiro atoms. The minimum absolute atomic E-state index is 0.401. The lowest BCUT2D eigenvalue weighted by Gasteiger charge is -2.13. The molecule has 224 valence electrons. The summed E-state index contributed by atoms with van der Waals surface area (Å²) in [6.45, 7) is 6.42. The topological polar surface area (TPSA) is 63.3 Å². The minimum atomic E-state index is 0.401. The molecule has 0 aliphatic heterocycles. The minimum Gasteiger partial charge on any atom is -0.496 e. The Hall–Kier alpha value is -5.56. The first kappa shape index (κ1) is 28.2. The zero-order valence-corrected chi connectivity index (χ0v) is 26.0. The van der Waals surface area contributed by atoms with Crippen molar-refractivity contribution in [1.82, 2.24) is 19.3 Å². The number of nitrogens with zero attached hydrogens (tertiary/aromatic N) is 4. The molecule has 3 aromatic heterocycles. The second-order valence-electron chi connectivity index (χ2n) is 11.5. The van der Waals surface area contributed by atoms with Gasteiger partial charge in [0.2, 0.25) is 0 Å². The number of ether oxygens (including phenoxy) is 3. The summed E-state index contributed by atoms with van der Waals surface area (Å²) in [5, 5.41) is 6.98. The van der Waals surface area contributed by atoms with Crippen LogP contribution in [-0.2, 0) is 0 Å². The average molecular weight is 595 g/mol. The van der Waals surface area contributed by atoms with Gasteiger partial charge in [-0.25, -0.2) is 9.67 Å². The molecule has 3 heterocycles. The van der Waals surface area contributed by atoms with E-state index < -0.39 is 0 Å². The number of rotatable bonds is 8. The van der Waals surface area contributed by atoms with Crippen molar-refractivity contribution in [3.05, 3.63) is 121 Å². The molecule has 0 aliphatic carbocycles. The molecule has 7 heteroatoms. The fraction of sp³-hybridized carbons (Fsp3) is 0.158. The number of aryl methyl sites for hydroxylation is 1. The zero-order valence-electron chi connectivity index (χ0n) is 26.0. The second kappa shape index (κ2) is 11.5. The first-order valence-corrected chi connectivity index (χ1v) is 15.0. The summed E-state index contributed by atoms with van der Waals surface area (Å²) in [5.74, 6) is 4.21.